The van der Waals surface area contributed by atoms with Crippen LogP contribution < -0.4 is 10.4 Å². The van der Waals surface area contributed by atoms with E-state index in [1.807, 2.05) is 26.0 Å². The first-order valence-electron chi connectivity index (χ1n) is 11.9. The third kappa shape index (κ3) is 4.49. The molecule has 2 aromatic carbocycles. The van der Waals surface area contributed by atoms with Gasteiger partial charge in [-0.3, -0.25) is 0 Å². The maximum atomic E-state index is 7.35. The summed E-state index contributed by atoms with van der Waals surface area (Å²) in [7, 11) is -1.22. The molecule has 0 bridgehead atoms. The van der Waals surface area contributed by atoms with Crippen LogP contribution in [0.15, 0.2) is 60.7 Å². The SMILES string of the molecule is C#CC[C@@H](O[Si](c1ccccc1)(c1ccccc1)C(C)(C)C)[C@H]1O[C@H](OC)[C@H]2OC(C)(C)O[C@H]21. The van der Waals surface area contributed by atoms with Crippen molar-refractivity contribution < 1.29 is 23.4 Å². The van der Waals surface area contributed by atoms with Crippen LogP contribution in [-0.2, 0) is 23.4 Å². The van der Waals surface area contributed by atoms with Crippen LogP contribution in [0.3, 0.4) is 0 Å². The standard InChI is InChI=1S/C28H36O5Si/c1-8-15-22(23-24-25(26(29-7)30-23)32-28(5,6)31-24)33-34(27(2,3)4,20-16-11-9-12-17-20)21-18-13-10-14-19-21/h1,9-14,16-19,22-26H,15H2,2-7H3/t22-,23-,24+,25+,26+/m1/s1. The van der Waals surface area contributed by atoms with Crippen molar-refractivity contribution in [1.82, 2.24) is 0 Å². The molecule has 0 radical (unpaired) electrons. The molecular formula is C28H36O5Si. The molecule has 0 N–H and O–H groups in total. The minimum atomic E-state index is -2.84. The number of benzene rings is 2. The van der Waals surface area contributed by atoms with Gasteiger partial charge in [0, 0.05) is 13.5 Å². The van der Waals surface area contributed by atoms with Gasteiger partial charge in [0.25, 0.3) is 8.32 Å². The Bertz CT molecular complexity index is 955. The summed E-state index contributed by atoms with van der Waals surface area (Å²) in [5, 5.41) is 2.20. The normalized spacial score (nSPS) is 27.2. The van der Waals surface area contributed by atoms with Gasteiger partial charge in [-0.1, -0.05) is 81.4 Å². The molecule has 2 aromatic rings. The van der Waals surface area contributed by atoms with Crippen LogP contribution in [0.1, 0.15) is 41.0 Å². The molecule has 182 valence electrons. The maximum absolute atomic E-state index is 7.35. The molecule has 0 amide bonds. The largest absolute Gasteiger partial charge is 0.401 e. The molecule has 6 heteroatoms. The van der Waals surface area contributed by atoms with Crippen LogP contribution in [0.5, 0.6) is 0 Å². The number of fused-ring (bicyclic) bond motifs is 1. The smallest absolute Gasteiger partial charge is 0.261 e. The molecular weight excluding hydrogens is 444 g/mol. The van der Waals surface area contributed by atoms with E-state index >= 15 is 0 Å². The van der Waals surface area contributed by atoms with Gasteiger partial charge in [0.15, 0.2) is 12.1 Å². The lowest BCUT2D eigenvalue weighted by molar-refractivity contribution is -0.235. The lowest BCUT2D eigenvalue weighted by Crippen LogP contribution is -2.68. The van der Waals surface area contributed by atoms with Gasteiger partial charge >= 0.3 is 0 Å². The Morgan fingerprint density at radius 1 is 0.971 bits per heavy atom. The summed E-state index contributed by atoms with van der Waals surface area (Å²) in [6, 6.07) is 21.1. The van der Waals surface area contributed by atoms with Gasteiger partial charge in [0.2, 0.25) is 0 Å². The molecule has 2 aliphatic heterocycles. The van der Waals surface area contributed by atoms with Gasteiger partial charge in [-0.15, -0.1) is 12.3 Å². The molecule has 5 nitrogen and oxygen atoms in total. The Morgan fingerprint density at radius 2 is 1.50 bits per heavy atom. The first-order chi connectivity index (χ1) is 16.1. The minimum absolute atomic E-state index is 0.187. The van der Waals surface area contributed by atoms with Gasteiger partial charge in [0.1, 0.15) is 18.3 Å². The quantitative estimate of drug-likeness (QED) is 0.445. The lowest BCUT2D eigenvalue weighted by Gasteiger charge is -2.46. The molecule has 0 aromatic heterocycles. The average molecular weight is 481 g/mol. The van der Waals surface area contributed by atoms with Gasteiger partial charge in [-0.25, -0.2) is 0 Å². The van der Waals surface area contributed by atoms with E-state index in [2.05, 4.69) is 75.2 Å². The summed E-state index contributed by atoms with van der Waals surface area (Å²) < 4.78 is 31.7. The van der Waals surface area contributed by atoms with Crippen molar-refractivity contribution >= 4 is 18.7 Å². The van der Waals surface area contributed by atoms with Gasteiger partial charge in [-0.2, -0.15) is 0 Å². The van der Waals surface area contributed by atoms with E-state index in [9.17, 15) is 0 Å². The van der Waals surface area contributed by atoms with Crippen molar-refractivity contribution in [2.24, 2.45) is 0 Å². The first kappa shape index (κ1) is 25.1. The van der Waals surface area contributed by atoms with E-state index in [4.69, 9.17) is 29.8 Å². The summed E-state index contributed by atoms with van der Waals surface area (Å²) in [5.41, 5.74) is 0. The predicted octanol–water partition coefficient (Wildman–Crippen LogP) is 3.85. The molecule has 34 heavy (non-hydrogen) atoms. The molecule has 5 atom stereocenters. The van der Waals surface area contributed by atoms with Crippen LogP contribution in [-0.4, -0.2) is 51.9 Å². The number of terminal acetylenes is 1. The van der Waals surface area contributed by atoms with Gasteiger partial charge in [-0.05, 0) is 29.3 Å². The first-order valence-corrected chi connectivity index (χ1v) is 13.8. The maximum Gasteiger partial charge on any atom is 0.261 e. The zero-order chi connectivity index (χ0) is 24.6. The van der Waals surface area contributed by atoms with Crippen LogP contribution in [0.2, 0.25) is 5.04 Å². The monoisotopic (exact) mass is 480 g/mol. The fourth-order valence-corrected chi connectivity index (χ4v) is 10.0. The average Bonchev–Trinajstić information content (AvgIpc) is 3.29. The second-order valence-corrected chi connectivity index (χ2v) is 14.8. The molecule has 0 saturated carbocycles. The van der Waals surface area contributed by atoms with E-state index in [1.165, 1.54) is 10.4 Å². The molecule has 2 heterocycles. The molecule has 0 unspecified atom stereocenters. The molecule has 2 saturated heterocycles. The highest BCUT2D eigenvalue weighted by molar-refractivity contribution is 6.99. The van der Waals surface area contributed by atoms with Crippen LogP contribution >= 0.6 is 0 Å². The summed E-state index contributed by atoms with van der Waals surface area (Å²) in [4.78, 5) is 0. The van der Waals surface area contributed by atoms with Crippen LogP contribution in [0.25, 0.3) is 0 Å². The number of methoxy groups -OCH3 is 1. The summed E-state index contributed by atoms with van der Waals surface area (Å²) in [6.07, 6.45) is 4.23. The topological polar surface area (TPSA) is 46.2 Å². The van der Waals surface area contributed by atoms with Gasteiger partial charge < -0.3 is 23.4 Å². The summed E-state index contributed by atoms with van der Waals surface area (Å²) in [5.74, 6) is 2.11. The zero-order valence-electron chi connectivity index (χ0n) is 21.0. The van der Waals surface area contributed by atoms with Crippen LogP contribution in [0.4, 0.5) is 0 Å². The van der Waals surface area contributed by atoms with E-state index < -0.39 is 32.6 Å². The number of hydrogen-bond acceptors (Lipinski definition) is 5. The Hall–Kier alpha value is -1.98. The van der Waals surface area contributed by atoms with Crippen molar-refractivity contribution in [3.8, 4) is 12.3 Å². The van der Waals surface area contributed by atoms with Crippen molar-refractivity contribution in [1.29, 1.82) is 0 Å². The number of ether oxygens (including phenoxy) is 4. The van der Waals surface area contributed by atoms with E-state index in [-0.39, 0.29) is 17.2 Å². The fraction of sp³-hybridized carbons (Fsp3) is 0.500. The third-order valence-electron chi connectivity index (χ3n) is 6.71. The summed E-state index contributed by atoms with van der Waals surface area (Å²) >= 11 is 0. The Kier molecular flexibility index (Phi) is 7.08. The second-order valence-electron chi connectivity index (χ2n) is 10.5. The Balaban J connectivity index is 1.82. The molecule has 0 spiro atoms. The number of rotatable bonds is 7. The Labute approximate surface area is 204 Å². The van der Waals surface area contributed by atoms with Crippen molar-refractivity contribution in [3.63, 3.8) is 0 Å². The van der Waals surface area contributed by atoms with Gasteiger partial charge in [0.05, 0.1) is 6.10 Å². The van der Waals surface area contributed by atoms with Crippen LogP contribution in [0, 0.1) is 12.3 Å². The highest BCUT2D eigenvalue weighted by atomic mass is 28.4. The van der Waals surface area contributed by atoms with Crippen molar-refractivity contribution in [2.45, 2.75) is 82.6 Å². The predicted molar refractivity (Wildman–Crippen MR) is 135 cm³/mol. The highest BCUT2D eigenvalue weighted by Gasteiger charge is 2.60. The highest BCUT2D eigenvalue weighted by Crippen LogP contribution is 2.43. The molecule has 0 aliphatic carbocycles. The van der Waals surface area contributed by atoms with E-state index in [0.29, 0.717) is 6.42 Å². The van der Waals surface area contributed by atoms with Crippen molar-refractivity contribution in [3.05, 3.63) is 60.7 Å². The third-order valence-corrected chi connectivity index (χ3v) is 11.8. The van der Waals surface area contributed by atoms with Crippen molar-refractivity contribution in [2.75, 3.05) is 7.11 Å². The zero-order valence-corrected chi connectivity index (χ0v) is 22.0. The lowest BCUT2D eigenvalue weighted by atomic mass is 10.0. The van der Waals surface area contributed by atoms with E-state index in [0.717, 1.165) is 0 Å². The number of hydrogen-bond donors (Lipinski definition) is 0. The minimum Gasteiger partial charge on any atom is -0.401 e. The molecule has 4 rings (SSSR count). The second kappa shape index (κ2) is 9.58. The van der Waals surface area contributed by atoms with E-state index in [1.54, 1.807) is 7.11 Å². The molecule has 2 aliphatic rings. The molecule has 2 fully saturated rings. The Morgan fingerprint density at radius 3 is 1.97 bits per heavy atom. The summed E-state index contributed by atoms with van der Waals surface area (Å²) in [6.45, 7) is 10.6. The fourth-order valence-electron chi connectivity index (χ4n) is 5.34.